The van der Waals surface area contributed by atoms with Gasteiger partial charge in [0.05, 0.1) is 13.1 Å². The number of carbonyl (C=O) groups excluding carboxylic acids is 2. The van der Waals surface area contributed by atoms with Gasteiger partial charge in [-0.15, -0.1) is 0 Å². The first-order valence-corrected chi connectivity index (χ1v) is 13.2. The molecule has 0 spiro atoms. The van der Waals surface area contributed by atoms with Gasteiger partial charge in [-0.25, -0.2) is 0 Å². The predicted octanol–water partition coefficient (Wildman–Crippen LogP) is 5.11. The van der Waals surface area contributed by atoms with Gasteiger partial charge >= 0.3 is 0 Å². The smallest absolute Gasteiger partial charge is 0.242 e. The zero-order chi connectivity index (χ0) is 25.0. The summed E-state index contributed by atoms with van der Waals surface area (Å²) in [5.41, 5.74) is 2.32. The van der Waals surface area contributed by atoms with Crippen molar-refractivity contribution in [2.45, 2.75) is 77.9 Å². The highest BCUT2D eigenvalue weighted by Gasteiger charge is 2.25. The van der Waals surface area contributed by atoms with E-state index in [0.717, 1.165) is 25.1 Å². The number of amides is 2. The second-order valence-corrected chi connectivity index (χ2v) is 10.1. The van der Waals surface area contributed by atoms with Crippen LogP contribution in [0.25, 0.3) is 0 Å². The third-order valence-electron chi connectivity index (χ3n) is 7.09. The molecule has 0 bridgehead atoms. The topological polar surface area (TPSA) is 54.8 Å². The number of nitrogens with zero attached hydrogens (tertiary/aromatic N) is 3. The molecule has 0 N–H and O–H groups in total. The van der Waals surface area contributed by atoms with Crippen molar-refractivity contribution in [2.24, 2.45) is 5.92 Å². The van der Waals surface area contributed by atoms with Crippen LogP contribution in [0, 0.1) is 5.92 Å². The summed E-state index contributed by atoms with van der Waals surface area (Å²) in [4.78, 5) is 30.2. The Bertz CT molecular complexity index is 903. The average Bonchev–Trinajstić information content (AvgIpc) is 3.53. The molecule has 1 aliphatic carbocycles. The predicted molar refractivity (Wildman–Crippen MR) is 140 cm³/mol. The van der Waals surface area contributed by atoms with E-state index in [1.54, 1.807) is 12.0 Å². The fourth-order valence-electron chi connectivity index (χ4n) is 4.99. The van der Waals surface area contributed by atoms with Crippen molar-refractivity contribution in [1.82, 2.24) is 14.4 Å². The molecule has 0 aliphatic heterocycles. The number of methoxy groups -OCH3 is 1. The molecule has 2 amide bonds. The molecular weight excluding hydrogens is 438 g/mol. The molecule has 35 heavy (non-hydrogen) atoms. The maximum absolute atomic E-state index is 13.5. The Morgan fingerprint density at radius 2 is 1.80 bits per heavy atom. The van der Waals surface area contributed by atoms with Crippen molar-refractivity contribution in [3.8, 4) is 0 Å². The molecular formula is C29H43N3O3. The van der Waals surface area contributed by atoms with Crippen molar-refractivity contribution < 1.29 is 14.3 Å². The fourth-order valence-corrected chi connectivity index (χ4v) is 4.99. The molecule has 1 heterocycles. The first-order chi connectivity index (χ1) is 17.0. The van der Waals surface area contributed by atoms with E-state index in [1.807, 2.05) is 43.0 Å². The molecule has 0 radical (unpaired) electrons. The molecule has 1 aromatic heterocycles. The van der Waals surface area contributed by atoms with Crippen molar-refractivity contribution in [3.05, 3.63) is 59.9 Å². The van der Waals surface area contributed by atoms with Gasteiger partial charge in [-0.1, -0.05) is 56.0 Å². The van der Waals surface area contributed by atoms with Crippen LogP contribution < -0.4 is 0 Å². The molecule has 1 aliphatic rings. The third kappa shape index (κ3) is 8.53. The quantitative estimate of drug-likeness (QED) is 0.353. The van der Waals surface area contributed by atoms with Crippen LogP contribution in [-0.4, -0.2) is 59.0 Å². The Hall–Kier alpha value is -2.60. The van der Waals surface area contributed by atoms with Gasteiger partial charge in [-0.05, 0) is 50.3 Å². The van der Waals surface area contributed by atoms with Crippen LogP contribution >= 0.6 is 0 Å². The van der Waals surface area contributed by atoms with Gasteiger partial charge in [0.15, 0.2) is 0 Å². The molecule has 2 aromatic rings. The largest absolute Gasteiger partial charge is 0.385 e. The summed E-state index contributed by atoms with van der Waals surface area (Å²) in [6.45, 7) is 6.65. The summed E-state index contributed by atoms with van der Waals surface area (Å²) >= 11 is 0. The first kappa shape index (κ1) is 27.0. The van der Waals surface area contributed by atoms with Gasteiger partial charge < -0.3 is 19.1 Å². The van der Waals surface area contributed by atoms with Gasteiger partial charge in [0.25, 0.3) is 0 Å². The first-order valence-electron chi connectivity index (χ1n) is 13.2. The number of ether oxygens (including phenoxy) is 1. The van der Waals surface area contributed by atoms with Gasteiger partial charge in [0.2, 0.25) is 11.8 Å². The standard InChI is InChI=1S/C29H43N3O3/c1-24(2)32(22-27-15-9-18-30(27)21-26-13-5-4-6-14-26)29(34)23-31(19-10-20-35-3)28(33)17-16-25-11-7-8-12-25/h4-6,9,13-15,18,24-25H,7-8,10-12,16-17,19-23H2,1-3H3. The monoisotopic (exact) mass is 481 g/mol. The van der Waals surface area contributed by atoms with Crippen molar-refractivity contribution in [3.63, 3.8) is 0 Å². The SMILES string of the molecule is COCCCN(CC(=O)N(Cc1cccn1Cc1ccccc1)C(C)C)C(=O)CCC1CCCC1. The molecule has 1 aromatic carbocycles. The summed E-state index contributed by atoms with van der Waals surface area (Å²) < 4.78 is 7.40. The summed E-state index contributed by atoms with van der Waals surface area (Å²) in [7, 11) is 1.67. The van der Waals surface area contributed by atoms with Gasteiger partial charge in [-0.2, -0.15) is 0 Å². The maximum atomic E-state index is 13.5. The second-order valence-electron chi connectivity index (χ2n) is 10.1. The Kier molecular flexibility index (Phi) is 10.9. The minimum Gasteiger partial charge on any atom is -0.385 e. The number of hydrogen-bond acceptors (Lipinski definition) is 3. The highest BCUT2D eigenvalue weighted by Crippen LogP contribution is 2.28. The molecule has 1 saturated carbocycles. The molecule has 0 saturated heterocycles. The van der Waals surface area contributed by atoms with Crippen LogP contribution in [0.4, 0.5) is 0 Å². The van der Waals surface area contributed by atoms with Crippen LogP contribution in [0.3, 0.4) is 0 Å². The Morgan fingerprint density at radius 1 is 1.06 bits per heavy atom. The zero-order valence-electron chi connectivity index (χ0n) is 21.8. The molecule has 6 heteroatoms. The van der Waals surface area contributed by atoms with Crippen LogP contribution in [0.2, 0.25) is 0 Å². The molecule has 0 unspecified atom stereocenters. The minimum atomic E-state index is -0.000839. The lowest BCUT2D eigenvalue weighted by Gasteiger charge is -2.31. The minimum absolute atomic E-state index is 0.000839. The molecule has 192 valence electrons. The van der Waals surface area contributed by atoms with E-state index in [2.05, 4.69) is 29.0 Å². The highest BCUT2D eigenvalue weighted by molar-refractivity contribution is 5.85. The Balaban J connectivity index is 1.64. The Morgan fingerprint density at radius 3 is 2.49 bits per heavy atom. The normalized spacial score (nSPS) is 13.9. The van der Waals surface area contributed by atoms with E-state index in [4.69, 9.17) is 4.74 Å². The van der Waals surface area contributed by atoms with Crippen LogP contribution in [0.5, 0.6) is 0 Å². The lowest BCUT2D eigenvalue weighted by Crippen LogP contribution is -2.46. The molecule has 6 nitrogen and oxygen atoms in total. The highest BCUT2D eigenvalue weighted by atomic mass is 16.5. The van der Waals surface area contributed by atoms with Crippen molar-refractivity contribution in [1.29, 1.82) is 0 Å². The number of carbonyl (C=O) groups is 2. The molecule has 3 rings (SSSR count). The van der Waals surface area contributed by atoms with E-state index >= 15 is 0 Å². The number of benzene rings is 1. The fraction of sp³-hybridized carbons (Fsp3) is 0.586. The van der Waals surface area contributed by atoms with Crippen molar-refractivity contribution in [2.75, 3.05) is 26.8 Å². The number of rotatable bonds is 14. The summed E-state index contributed by atoms with van der Waals surface area (Å²) in [5, 5.41) is 0. The van der Waals surface area contributed by atoms with E-state index in [9.17, 15) is 9.59 Å². The molecule has 1 fully saturated rings. The van der Waals surface area contributed by atoms with Gasteiger partial charge in [0, 0.05) is 51.2 Å². The zero-order valence-corrected chi connectivity index (χ0v) is 21.8. The van der Waals surface area contributed by atoms with Crippen LogP contribution in [0.15, 0.2) is 48.7 Å². The van der Waals surface area contributed by atoms with Gasteiger partial charge in [0.1, 0.15) is 0 Å². The number of hydrogen-bond donors (Lipinski definition) is 0. The van der Waals surface area contributed by atoms with Crippen LogP contribution in [0.1, 0.15) is 70.1 Å². The van der Waals surface area contributed by atoms with E-state index in [1.165, 1.54) is 31.2 Å². The number of aromatic nitrogens is 1. The van der Waals surface area contributed by atoms with Gasteiger partial charge in [-0.3, -0.25) is 9.59 Å². The van der Waals surface area contributed by atoms with E-state index in [-0.39, 0.29) is 24.4 Å². The summed E-state index contributed by atoms with van der Waals surface area (Å²) in [5.74, 6) is 0.761. The molecule has 0 atom stereocenters. The average molecular weight is 482 g/mol. The van der Waals surface area contributed by atoms with E-state index < -0.39 is 0 Å². The van der Waals surface area contributed by atoms with Crippen LogP contribution in [-0.2, 0) is 27.4 Å². The lowest BCUT2D eigenvalue weighted by atomic mass is 10.0. The van der Waals surface area contributed by atoms with E-state index in [0.29, 0.717) is 32.0 Å². The summed E-state index contributed by atoms with van der Waals surface area (Å²) in [6, 6.07) is 14.5. The summed E-state index contributed by atoms with van der Waals surface area (Å²) in [6.07, 6.45) is 9.31. The van der Waals surface area contributed by atoms with Crippen molar-refractivity contribution >= 4 is 11.8 Å². The second kappa shape index (κ2) is 14.1. The third-order valence-corrected chi connectivity index (χ3v) is 7.09. The maximum Gasteiger partial charge on any atom is 0.242 e. The Labute approximate surface area is 211 Å². The lowest BCUT2D eigenvalue weighted by molar-refractivity contribution is -0.142.